The largest absolute Gasteiger partial charge is 0.351 e. The van der Waals surface area contributed by atoms with Crippen molar-refractivity contribution in [3.63, 3.8) is 0 Å². The second-order valence-electron chi connectivity index (χ2n) is 5.50. The third kappa shape index (κ3) is 2.06. The molecule has 0 N–H and O–H groups in total. The summed E-state index contributed by atoms with van der Waals surface area (Å²) in [6.45, 7) is 0. The molecule has 0 fully saturated rings. The van der Waals surface area contributed by atoms with Crippen molar-refractivity contribution >= 4 is 5.70 Å². The van der Waals surface area contributed by atoms with E-state index in [4.69, 9.17) is 0 Å². The maximum atomic E-state index is 14.2. The predicted octanol–water partition coefficient (Wildman–Crippen LogP) is 3.02. The maximum Gasteiger partial charge on any atom is 0.351 e. The summed E-state index contributed by atoms with van der Waals surface area (Å²) in [7, 11) is 0. The van der Waals surface area contributed by atoms with E-state index in [2.05, 4.69) is 10.8 Å². The highest BCUT2D eigenvalue weighted by atomic mass is 19.1. The smallest absolute Gasteiger partial charge is 0.268 e. The van der Waals surface area contributed by atoms with E-state index in [1.165, 1.54) is 0 Å². The van der Waals surface area contributed by atoms with Gasteiger partial charge in [-0.1, -0.05) is 5.73 Å². The summed E-state index contributed by atoms with van der Waals surface area (Å²) in [5.41, 5.74) is 1.96. The Morgan fingerprint density at radius 1 is 1.17 bits per heavy atom. The van der Waals surface area contributed by atoms with E-state index in [-0.39, 0.29) is 29.9 Å². The molecule has 1 unspecified atom stereocenters. The molecule has 1 aliphatic carbocycles. The van der Waals surface area contributed by atoms with Crippen LogP contribution in [0.4, 0.5) is 17.6 Å². The zero-order chi connectivity index (χ0) is 16.3. The third-order valence-electron chi connectivity index (χ3n) is 3.99. The third-order valence-corrected chi connectivity index (χ3v) is 3.99. The molecule has 8 heteroatoms. The van der Waals surface area contributed by atoms with E-state index in [0.29, 0.717) is 6.07 Å². The fraction of sp³-hybridized carbons (Fsp3) is 0.267. The SMILES string of the molecule is O=c1n(C2=C=C(F)C2)nc2n1[C@H](c1cc(F)cc(F)c1)CC2F. The Kier molecular flexibility index (Phi) is 2.86. The van der Waals surface area contributed by atoms with Crippen LogP contribution in [-0.4, -0.2) is 14.3 Å². The monoisotopic (exact) mass is 323 g/mol. The van der Waals surface area contributed by atoms with Crippen molar-refractivity contribution in [2.45, 2.75) is 25.1 Å². The van der Waals surface area contributed by atoms with Crippen molar-refractivity contribution in [3.05, 3.63) is 63.3 Å². The number of hydrogen-bond acceptors (Lipinski definition) is 2. The van der Waals surface area contributed by atoms with Crippen LogP contribution in [-0.2, 0) is 0 Å². The van der Waals surface area contributed by atoms with Gasteiger partial charge in [0.05, 0.1) is 18.2 Å². The molecule has 2 aliphatic rings. The molecule has 0 amide bonds. The fourth-order valence-corrected chi connectivity index (χ4v) is 2.95. The van der Waals surface area contributed by atoms with Crippen molar-refractivity contribution in [2.75, 3.05) is 0 Å². The Labute approximate surface area is 127 Å². The van der Waals surface area contributed by atoms with Crippen molar-refractivity contribution < 1.29 is 17.6 Å². The summed E-state index contributed by atoms with van der Waals surface area (Å²) in [5, 5.41) is 3.87. The number of allylic oxidation sites excluding steroid dienone is 1. The van der Waals surface area contributed by atoms with E-state index in [1.807, 2.05) is 0 Å². The van der Waals surface area contributed by atoms with Gasteiger partial charge in [0.15, 0.2) is 17.8 Å². The molecule has 0 saturated carbocycles. The van der Waals surface area contributed by atoms with Crippen molar-refractivity contribution in [1.29, 1.82) is 0 Å². The standard InChI is InChI=1S/C15H9F4N3O/c16-8-1-7(2-9(17)3-8)13-6-12(19)14-20-22(15(23)21(13)14)11-4-10(18)5-11/h1-3,12-13H,4,6H2/t12?,13-/m0/s1. The second-order valence-corrected chi connectivity index (χ2v) is 5.50. The summed E-state index contributed by atoms with van der Waals surface area (Å²) in [5.74, 6) is -2.26. The molecule has 0 radical (unpaired) electrons. The average molecular weight is 323 g/mol. The van der Waals surface area contributed by atoms with Gasteiger partial charge < -0.3 is 0 Å². The number of alkyl halides is 1. The first-order valence-electron chi connectivity index (χ1n) is 6.90. The molecule has 1 aromatic heterocycles. The minimum atomic E-state index is -1.55. The van der Waals surface area contributed by atoms with Crippen LogP contribution in [0.2, 0.25) is 0 Å². The number of aromatic nitrogens is 3. The van der Waals surface area contributed by atoms with Crippen LogP contribution in [0.5, 0.6) is 0 Å². The van der Waals surface area contributed by atoms with Gasteiger partial charge in [0.25, 0.3) is 0 Å². The quantitative estimate of drug-likeness (QED) is 0.629. The van der Waals surface area contributed by atoms with Crippen LogP contribution in [0.15, 0.2) is 34.6 Å². The summed E-state index contributed by atoms with van der Waals surface area (Å²) in [6.07, 6.45) is -1.79. The van der Waals surface area contributed by atoms with Gasteiger partial charge in [0.2, 0.25) is 0 Å². The molecule has 1 aromatic carbocycles. The van der Waals surface area contributed by atoms with Gasteiger partial charge in [-0.15, -0.1) is 5.10 Å². The number of rotatable bonds is 2. The lowest BCUT2D eigenvalue weighted by molar-refractivity contribution is 0.325. The van der Waals surface area contributed by atoms with Gasteiger partial charge in [-0.25, -0.2) is 22.4 Å². The molecule has 23 heavy (non-hydrogen) atoms. The van der Waals surface area contributed by atoms with Crippen LogP contribution in [0.25, 0.3) is 5.70 Å². The molecule has 118 valence electrons. The topological polar surface area (TPSA) is 39.8 Å². The van der Waals surface area contributed by atoms with Crippen LogP contribution in [0.3, 0.4) is 0 Å². The predicted molar refractivity (Wildman–Crippen MR) is 71.9 cm³/mol. The van der Waals surface area contributed by atoms with Crippen molar-refractivity contribution in [3.8, 4) is 0 Å². The summed E-state index contributed by atoms with van der Waals surface area (Å²) in [6, 6.07) is 1.95. The normalized spacial score (nSPS) is 22.4. The first-order valence-corrected chi connectivity index (χ1v) is 6.90. The lowest BCUT2D eigenvalue weighted by Crippen LogP contribution is -2.27. The van der Waals surface area contributed by atoms with Crippen LogP contribution in [0, 0.1) is 11.6 Å². The number of halogens is 4. The second kappa shape index (κ2) is 4.70. The molecule has 4 nitrogen and oxygen atoms in total. The highest BCUT2D eigenvalue weighted by molar-refractivity contribution is 5.53. The molecule has 2 heterocycles. The molecule has 2 atom stereocenters. The first-order chi connectivity index (χ1) is 10.9. The number of nitrogens with zero attached hydrogens (tertiary/aromatic N) is 3. The van der Waals surface area contributed by atoms with Gasteiger partial charge in [0, 0.05) is 12.5 Å². The molecule has 0 spiro atoms. The number of benzene rings is 1. The Morgan fingerprint density at radius 3 is 2.43 bits per heavy atom. The van der Waals surface area contributed by atoms with E-state index in [1.54, 1.807) is 0 Å². The van der Waals surface area contributed by atoms with Crippen LogP contribution in [0.1, 0.15) is 36.4 Å². The summed E-state index contributed by atoms with van der Waals surface area (Å²) >= 11 is 0. The van der Waals surface area contributed by atoms with Gasteiger partial charge in [0.1, 0.15) is 11.6 Å². The molecule has 2 aromatic rings. The van der Waals surface area contributed by atoms with E-state index in [9.17, 15) is 22.4 Å². The molecular weight excluding hydrogens is 314 g/mol. The summed E-state index contributed by atoms with van der Waals surface area (Å²) in [4.78, 5) is 12.4. The fourth-order valence-electron chi connectivity index (χ4n) is 2.95. The maximum absolute atomic E-state index is 14.2. The Bertz CT molecular complexity index is 932. The lowest BCUT2D eigenvalue weighted by Gasteiger charge is -2.13. The minimum absolute atomic E-state index is 0.105. The highest BCUT2D eigenvalue weighted by Gasteiger charge is 2.38. The van der Waals surface area contributed by atoms with Crippen LogP contribution >= 0.6 is 0 Å². The van der Waals surface area contributed by atoms with Gasteiger partial charge in [-0.3, -0.25) is 4.57 Å². The van der Waals surface area contributed by atoms with Gasteiger partial charge in [-0.05, 0) is 17.7 Å². The number of hydrogen-bond donors (Lipinski definition) is 0. The molecule has 0 bridgehead atoms. The van der Waals surface area contributed by atoms with E-state index < -0.39 is 35.4 Å². The minimum Gasteiger partial charge on any atom is -0.268 e. The molecular formula is C15H9F4N3O. The van der Waals surface area contributed by atoms with Gasteiger partial charge >= 0.3 is 5.69 Å². The Morgan fingerprint density at radius 2 is 1.83 bits per heavy atom. The first kappa shape index (κ1) is 14.0. The average Bonchev–Trinajstić information content (AvgIpc) is 2.94. The zero-order valence-electron chi connectivity index (χ0n) is 11.6. The summed E-state index contributed by atoms with van der Waals surface area (Å²) < 4.78 is 55.7. The van der Waals surface area contributed by atoms with Crippen LogP contribution < -0.4 is 5.69 Å². The highest BCUT2D eigenvalue weighted by Crippen LogP contribution is 2.39. The van der Waals surface area contributed by atoms with Gasteiger partial charge in [-0.2, -0.15) is 4.68 Å². The van der Waals surface area contributed by atoms with E-state index >= 15 is 0 Å². The molecule has 4 rings (SSSR count). The molecule has 1 aliphatic heterocycles. The Hall–Kier alpha value is -2.60. The molecule has 0 saturated heterocycles. The lowest BCUT2D eigenvalue weighted by atomic mass is 10.0. The van der Waals surface area contributed by atoms with Crippen molar-refractivity contribution in [1.82, 2.24) is 14.3 Å². The van der Waals surface area contributed by atoms with Crippen molar-refractivity contribution in [2.24, 2.45) is 0 Å². The van der Waals surface area contributed by atoms with E-state index in [0.717, 1.165) is 21.4 Å². The Balaban J connectivity index is 1.86. The number of fused-ring (bicyclic) bond motifs is 1. The zero-order valence-corrected chi connectivity index (χ0v) is 11.6.